The van der Waals surface area contributed by atoms with Gasteiger partial charge < -0.3 is 29.7 Å². The Morgan fingerprint density at radius 3 is 2.66 bits per heavy atom. The van der Waals surface area contributed by atoms with Crippen LogP contribution in [0.3, 0.4) is 0 Å². The van der Waals surface area contributed by atoms with E-state index in [0.717, 1.165) is 24.8 Å². The molecule has 1 aromatic rings. The van der Waals surface area contributed by atoms with E-state index in [1.54, 1.807) is 19.1 Å². The molecule has 3 rings (SSSR count). The Balaban J connectivity index is 1.42. The molecule has 1 aromatic carbocycles. The Kier molecular flexibility index (Phi) is 6.71. The summed E-state index contributed by atoms with van der Waals surface area (Å²) < 4.78 is 10.9. The van der Waals surface area contributed by atoms with Gasteiger partial charge >= 0.3 is 0 Å². The van der Waals surface area contributed by atoms with E-state index in [2.05, 4.69) is 0 Å². The molecule has 2 aliphatic heterocycles. The van der Waals surface area contributed by atoms with Crippen LogP contribution >= 0.6 is 0 Å². The number of ether oxygens (including phenoxy) is 2. The fourth-order valence-corrected chi connectivity index (χ4v) is 4.45. The molecule has 29 heavy (non-hydrogen) atoms. The molecule has 0 unspecified atom stereocenters. The van der Waals surface area contributed by atoms with E-state index in [9.17, 15) is 20.1 Å². The zero-order valence-electron chi connectivity index (χ0n) is 17.4. The van der Waals surface area contributed by atoms with E-state index in [-0.39, 0.29) is 11.7 Å². The number of aliphatic hydroxyl groups is 2. The smallest absolute Gasteiger partial charge is 0.222 e. The maximum Gasteiger partial charge on any atom is 0.222 e. The van der Waals surface area contributed by atoms with Gasteiger partial charge in [0.25, 0.3) is 0 Å². The summed E-state index contributed by atoms with van der Waals surface area (Å²) in [5.74, 6) is 0.712. The first-order valence-electron chi connectivity index (χ1n) is 10.5. The first kappa shape index (κ1) is 21.9. The Bertz CT molecular complexity index is 711. The number of phenolic OH excluding ortho intramolecular Hbond substituents is 1. The molecule has 2 saturated heterocycles. The van der Waals surface area contributed by atoms with Gasteiger partial charge in [-0.2, -0.15) is 0 Å². The maximum atomic E-state index is 12.5. The maximum absolute atomic E-state index is 12.5. The van der Waals surface area contributed by atoms with Crippen molar-refractivity contribution in [2.75, 3.05) is 26.8 Å². The molecule has 7 heteroatoms. The predicted molar refractivity (Wildman–Crippen MR) is 108 cm³/mol. The number of rotatable bonds is 6. The van der Waals surface area contributed by atoms with Crippen LogP contribution in [0.1, 0.15) is 51.0 Å². The Morgan fingerprint density at radius 2 is 2.00 bits per heavy atom. The summed E-state index contributed by atoms with van der Waals surface area (Å²) in [5, 5.41) is 30.8. The number of aliphatic hydroxyl groups excluding tert-OH is 1. The van der Waals surface area contributed by atoms with E-state index in [1.165, 1.54) is 7.11 Å². The standard InChI is InChI=1S/C22H33NO6/c1-21(27)11-14-29-22(20(21)26)9-12-23(13-10-22)19(25)6-4-3-5-16-7-8-18(28-2)17(24)15-16/h7-8,15,20,24,26-27H,3-6,9-14H2,1-2H3/t20-,21+/m0/s1. The second kappa shape index (κ2) is 8.90. The summed E-state index contributed by atoms with van der Waals surface area (Å²) in [7, 11) is 1.52. The predicted octanol–water partition coefficient (Wildman–Crippen LogP) is 2.01. The number of aromatic hydroxyl groups is 1. The summed E-state index contributed by atoms with van der Waals surface area (Å²) in [4.78, 5) is 14.4. The van der Waals surface area contributed by atoms with Crippen LogP contribution in [-0.2, 0) is 16.0 Å². The van der Waals surface area contributed by atoms with Crippen LogP contribution in [0.25, 0.3) is 0 Å². The van der Waals surface area contributed by atoms with E-state index in [4.69, 9.17) is 9.47 Å². The van der Waals surface area contributed by atoms with Crippen molar-refractivity contribution >= 4 is 5.91 Å². The molecule has 0 bridgehead atoms. The monoisotopic (exact) mass is 407 g/mol. The van der Waals surface area contributed by atoms with Crippen molar-refractivity contribution in [3.8, 4) is 11.5 Å². The van der Waals surface area contributed by atoms with Gasteiger partial charge in [0.1, 0.15) is 11.7 Å². The van der Waals surface area contributed by atoms with Crippen molar-refractivity contribution in [3.05, 3.63) is 23.8 Å². The zero-order chi connectivity index (χ0) is 21.1. The first-order valence-corrected chi connectivity index (χ1v) is 10.5. The highest BCUT2D eigenvalue weighted by atomic mass is 16.5. The second-order valence-corrected chi connectivity index (χ2v) is 8.52. The molecule has 7 nitrogen and oxygen atoms in total. The largest absolute Gasteiger partial charge is 0.504 e. The lowest BCUT2D eigenvalue weighted by Crippen LogP contribution is -2.64. The average Bonchev–Trinajstić information content (AvgIpc) is 2.70. The minimum absolute atomic E-state index is 0.120. The SMILES string of the molecule is COc1ccc(CCCCC(=O)N2CCC3(CC2)OCC[C@@](C)(O)[C@@H]3O)cc1O. The summed E-state index contributed by atoms with van der Waals surface area (Å²) in [6.45, 7) is 3.16. The van der Waals surface area contributed by atoms with E-state index in [0.29, 0.717) is 51.1 Å². The lowest BCUT2D eigenvalue weighted by Gasteiger charge is -2.51. The number of hydrogen-bond donors (Lipinski definition) is 3. The van der Waals surface area contributed by atoms with Crippen molar-refractivity contribution in [1.82, 2.24) is 4.90 Å². The number of likely N-dealkylation sites (tertiary alicyclic amines) is 1. The molecule has 2 fully saturated rings. The number of benzene rings is 1. The summed E-state index contributed by atoms with van der Waals surface area (Å²) in [6, 6.07) is 5.38. The number of methoxy groups -OCH3 is 1. The van der Waals surface area contributed by atoms with Crippen LogP contribution in [0.15, 0.2) is 18.2 Å². The van der Waals surface area contributed by atoms with Crippen molar-refractivity contribution < 1.29 is 29.6 Å². The van der Waals surface area contributed by atoms with Crippen molar-refractivity contribution in [2.45, 2.75) is 69.2 Å². The molecule has 2 atom stereocenters. The average molecular weight is 408 g/mol. The van der Waals surface area contributed by atoms with Gasteiger partial charge in [-0.25, -0.2) is 0 Å². The number of unbranched alkanes of at least 4 members (excludes halogenated alkanes) is 1. The molecule has 162 valence electrons. The third-order valence-corrected chi connectivity index (χ3v) is 6.40. The number of carbonyl (C=O) groups is 1. The fourth-order valence-electron chi connectivity index (χ4n) is 4.45. The summed E-state index contributed by atoms with van der Waals surface area (Å²) in [6.07, 6.45) is 3.50. The van der Waals surface area contributed by atoms with Crippen LogP contribution in [0.4, 0.5) is 0 Å². The van der Waals surface area contributed by atoms with Gasteiger partial charge in [-0.3, -0.25) is 4.79 Å². The van der Waals surface area contributed by atoms with Gasteiger partial charge in [-0.15, -0.1) is 0 Å². The van der Waals surface area contributed by atoms with Gasteiger partial charge in [-0.05, 0) is 56.7 Å². The van der Waals surface area contributed by atoms with Gasteiger partial charge in [-0.1, -0.05) is 6.07 Å². The van der Waals surface area contributed by atoms with E-state index >= 15 is 0 Å². The lowest BCUT2D eigenvalue weighted by molar-refractivity contribution is -0.245. The Morgan fingerprint density at radius 1 is 1.28 bits per heavy atom. The number of nitrogens with zero attached hydrogens (tertiary/aromatic N) is 1. The quantitative estimate of drug-likeness (QED) is 0.624. The minimum atomic E-state index is -1.14. The third-order valence-electron chi connectivity index (χ3n) is 6.40. The molecule has 0 aromatic heterocycles. The highest BCUT2D eigenvalue weighted by molar-refractivity contribution is 5.76. The molecule has 1 amide bonds. The fraction of sp³-hybridized carbons (Fsp3) is 0.682. The number of carbonyl (C=O) groups excluding carboxylic acids is 1. The van der Waals surface area contributed by atoms with Crippen LogP contribution in [0.2, 0.25) is 0 Å². The van der Waals surface area contributed by atoms with Gasteiger partial charge in [0, 0.05) is 25.9 Å². The molecular weight excluding hydrogens is 374 g/mol. The molecule has 0 radical (unpaired) electrons. The molecule has 0 aliphatic carbocycles. The molecule has 2 aliphatic rings. The van der Waals surface area contributed by atoms with Gasteiger partial charge in [0.15, 0.2) is 11.5 Å². The number of piperidine rings is 1. The van der Waals surface area contributed by atoms with Crippen LogP contribution < -0.4 is 4.74 Å². The van der Waals surface area contributed by atoms with Crippen LogP contribution in [-0.4, -0.2) is 70.2 Å². The summed E-state index contributed by atoms with van der Waals surface area (Å²) in [5.41, 5.74) is -0.860. The molecule has 1 spiro atoms. The number of aryl methyl sites for hydroxylation is 1. The number of phenols is 1. The van der Waals surface area contributed by atoms with Crippen molar-refractivity contribution in [1.29, 1.82) is 0 Å². The Labute approximate surface area is 172 Å². The van der Waals surface area contributed by atoms with Crippen molar-refractivity contribution in [2.24, 2.45) is 0 Å². The van der Waals surface area contributed by atoms with E-state index in [1.807, 2.05) is 11.0 Å². The lowest BCUT2D eigenvalue weighted by atomic mass is 9.75. The second-order valence-electron chi connectivity index (χ2n) is 8.52. The van der Waals surface area contributed by atoms with E-state index < -0.39 is 17.3 Å². The summed E-state index contributed by atoms with van der Waals surface area (Å²) >= 11 is 0. The molecule has 3 N–H and O–H groups in total. The van der Waals surface area contributed by atoms with Crippen LogP contribution in [0.5, 0.6) is 11.5 Å². The van der Waals surface area contributed by atoms with Crippen molar-refractivity contribution in [3.63, 3.8) is 0 Å². The highest BCUT2D eigenvalue weighted by Gasteiger charge is 2.52. The number of amides is 1. The Hall–Kier alpha value is -1.83. The normalized spacial score (nSPS) is 26.5. The molecule has 0 saturated carbocycles. The molecule has 2 heterocycles. The van der Waals surface area contributed by atoms with Crippen LogP contribution in [0, 0.1) is 0 Å². The zero-order valence-corrected chi connectivity index (χ0v) is 17.4. The van der Waals surface area contributed by atoms with Gasteiger partial charge in [0.2, 0.25) is 5.91 Å². The third kappa shape index (κ3) is 4.85. The molecular formula is C22H33NO6. The van der Waals surface area contributed by atoms with Gasteiger partial charge in [0.05, 0.1) is 19.3 Å². The first-order chi connectivity index (χ1) is 13.8. The number of hydrogen-bond acceptors (Lipinski definition) is 6. The highest BCUT2D eigenvalue weighted by Crippen LogP contribution is 2.39. The topological polar surface area (TPSA) is 99.5 Å². The minimum Gasteiger partial charge on any atom is -0.504 e.